The van der Waals surface area contributed by atoms with Gasteiger partial charge in [0, 0.05) is 19.8 Å². The fraction of sp³-hybridized carbons (Fsp3) is 0.636. The zero-order valence-corrected chi connectivity index (χ0v) is 12.0. The predicted molar refractivity (Wildman–Crippen MR) is 69.0 cm³/mol. The molecule has 0 amide bonds. The molecular formula is C11H19N3O4S. The summed E-state index contributed by atoms with van der Waals surface area (Å²) in [7, 11) is -2.09. The van der Waals surface area contributed by atoms with E-state index in [4.69, 9.17) is 5.11 Å². The standard InChI is InChI=1S/C11H19N3O4S/c1-8(2)4-9(11(15)16)5-13-19(17,18)10-6-14(3)7-12-10/h6-9,13H,4-5H2,1-3H3,(H,15,16). The van der Waals surface area contributed by atoms with Gasteiger partial charge in [-0.15, -0.1) is 0 Å². The van der Waals surface area contributed by atoms with Crippen LogP contribution in [-0.4, -0.2) is 35.6 Å². The van der Waals surface area contributed by atoms with E-state index in [-0.39, 0.29) is 17.5 Å². The van der Waals surface area contributed by atoms with E-state index in [0.717, 1.165) is 0 Å². The van der Waals surface area contributed by atoms with Crippen LogP contribution in [-0.2, 0) is 21.9 Å². The first-order chi connectivity index (χ1) is 8.72. The normalized spacial score (nSPS) is 13.7. The van der Waals surface area contributed by atoms with Crippen LogP contribution in [0.2, 0.25) is 0 Å². The molecule has 108 valence electrons. The van der Waals surface area contributed by atoms with E-state index in [1.54, 1.807) is 7.05 Å². The molecule has 0 aliphatic carbocycles. The Labute approximate surface area is 112 Å². The van der Waals surface area contributed by atoms with Crippen molar-refractivity contribution >= 4 is 16.0 Å². The number of sulfonamides is 1. The van der Waals surface area contributed by atoms with Crippen LogP contribution in [0.3, 0.4) is 0 Å². The smallest absolute Gasteiger partial charge is 0.307 e. The van der Waals surface area contributed by atoms with Crippen molar-refractivity contribution in [3.05, 3.63) is 12.5 Å². The molecule has 19 heavy (non-hydrogen) atoms. The van der Waals surface area contributed by atoms with Gasteiger partial charge in [0.05, 0.1) is 12.2 Å². The Hall–Kier alpha value is -1.41. The van der Waals surface area contributed by atoms with Crippen molar-refractivity contribution in [2.24, 2.45) is 18.9 Å². The van der Waals surface area contributed by atoms with Crippen molar-refractivity contribution in [2.75, 3.05) is 6.54 Å². The van der Waals surface area contributed by atoms with E-state index in [1.165, 1.54) is 17.1 Å². The molecule has 0 aliphatic heterocycles. The van der Waals surface area contributed by atoms with E-state index in [2.05, 4.69) is 9.71 Å². The van der Waals surface area contributed by atoms with E-state index in [1.807, 2.05) is 13.8 Å². The molecule has 1 aromatic rings. The number of nitrogens with one attached hydrogen (secondary N) is 1. The summed E-state index contributed by atoms with van der Waals surface area (Å²) in [5.74, 6) is -1.56. The summed E-state index contributed by atoms with van der Waals surface area (Å²) < 4.78 is 27.6. The van der Waals surface area contributed by atoms with Gasteiger partial charge < -0.3 is 9.67 Å². The first-order valence-electron chi connectivity index (χ1n) is 5.93. The van der Waals surface area contributed by atoms with Gasteiger partial charge in [0.25, 0.3) is 10.0 Å². The Balaban J connectivity index is 2.71. The van der Waals surface area contributed by atoms with Crippen LogP contribution < -0.4 is 4.72 Å². The number of carbonyl (C=O) groups is 1. The van der Waals surface area contributed by atoms with Gasteiger partial charge in [-0.05, 0) is 12.3 Å². The highest BCUT2D eigenvalue weighted by molar-refractivity contribution is 7.89. The van der Waals surface area contributed by atoms with Gasteiger partial charge in [-0.3, -0.25) is 4.79 Å². The largest absolute Gasteiger partial charge is 0.481 e. The zero-order chi connectivity index (χ0) is 14.6. The highest BCUT2D eigenvalue weighted by Crippen LogP contribution is 2.12. The zero-order valence-electron chi connectivity index (χ0n) is 11.2. The summed E-state index contributed by atoms with van der Waals surface area (Å²) in [5, 5.41) is 8.93. The Morgan fingerprint density at radius 1 is 1.53 bits per heavy atom. The molecule has 0 saturated heterocycles. The van der Waals surface area contributed by atoms with Crippen LogP contribution in [0.4, 0.5) is 0 Å². The van der Waals surface area contributed by atoms with E-state index < -0.39 is 21.9 Å². The molecule has 1 rings (SSSR count). The van der Waals surface area contributed by atoms with Crippen molar-refractivity contribution < 1.29 is 18.3 Å². The molecule has 0 bridgehead atoms. The number of rotatable bonds is 7. The summed E-state index contributed by atoms with van der Waals surface area (Å²) in [6.07, 6.45) is 3.15. The fourth-order valence-electron chi connectivity index (χ4n) is 1.65. The minimum atomic E-state index is -3.75. The lowest BCUT2D eigenvalue weighted by Gasteiger charge is -2.14. The number of aromatic nitrogens is 2. The van der Waals surface area contributed by atoms with Crippen LogP contribution >= 0.6 is 0 Å². The van der Waals surface area contributed by atoms with Gasteiger partial charge in [0.15, 0.2) is 5.03 Å². The van der Waals surface area contributed by atoms with Crippen molar-refractivity contribution in [3.8, 4) is 0 Å². The Morgan fingerprint density at radius 3 is 2.58 bits per heavy atom. The number of carboxylic acid groups (broad SMARTS) is 1. The summed E-state index contributed by atoms with van der Waals surface area (Å²) >= 11 is 0. The summed E-state index contributed by atoms with van der Waals surface area (Å²) in [5.41, 5.74) is 0. The number of hydrogen-bond donors (Lipinski definition) is 2. The van der Waals surface area contributed by atoms with Crippen molar-refractivity contribution in [1.29, 1.82) is 0 Å². The predicted octanol–water partition coefficient (Wildman–Crippen LogP) is 0.445. The van der Waals surface area contributed by atoms with Gasteiger partial charge in [0.2, 0.25) is 0 Å². The molecule has 1 unspecified atom stereocenters. The van der Waals surface area contributed by atoms with Crippen molar-refractivity contribution in [1.82, 2.24) is 14.3 Å². The second-order valence-electron chi connectivity index (χ2n) is 4.89. The SMILES string of the molecule is CC(C)CC(CNS(=O)(=O)c1cn(C)cn1)C(=O)O. The number of aliphatic carboxylic acids is 1. The van der Waals surface area contributed by atoms with E-state index >= 15 is 0 Å². The molecule has 0 aliphatic rings. The topological polar surface area (TPSA) is 101 Å². The first kappa shape index (κ1) is 15.6. The fourth-order valence-corrected chi connectivity index (χ4v) is 2.71. The van der Waals surface area contributed by atoms with E-state index in [0.29, 0.717) is 6.42 Å². The van der Waals surface area contributed by atoms with Crippen LogP contribution in [0.25, 0.3) is 0 Å². The highest BCUT2D eigenvalue weighted by Gasteiger charge is 2.23. The molecular weight excluding hydrogens is 270 g/mol. The van der Waals surface area contributed by atoms with Crippen LogP contribution in [0, 0.1) is 11.8 Å². The average molecular weight is 289 g/mol. The third-order valence-corrected chi connectivity index (χ3v) is 3.89. The number of aryl methyl sites for hydroxylation is 1. The lowest BCUT2D eigenvalue weighted by molar-refractivity contribution is -0.142. The second-order valence-corrected chi connectivity index (χ2v) is 6.61. The molecule has 1 aromatic heterocycles. The molecule has 0 spiro atoms. The quantitative estimate of drug-likeness (QED) is 0.758. The Kier molecular flexibility index (Phi) is 5.07. The molecule has 2 N–H and O–H groups in total. The summed E-state index contributed by atoms with van der Waals surface area (Å²) in [4.78, 5) is 14.8. The minimum Gasteiger partial charge on any atom is -0.481 e. The van der Waals surface area contributed by atoms with Crippen LogP contribution in [0.15, 0.2) is 17.6 Å². The molecule has 1 atom stereocenters. The maximum atomic E-state index is 11.9. The summed E-state index contributed by atoms with van der Waals surface area (Å²) in [6, 6.07) is 0. The number of nitrogens with zero attached hydrogens (tertiary/aromatic N) is 2. The number of imidazole rings is 1. The lowest BCUT2D eigenvalue weighted by Crippen LogP contribution is -2.33. The monoisotopic (exact) mass is 289 g/mol. The third-order valence-electron chi connectivity index (χ3n) is 2.58. The Bertz CT molecular complexity index is 536. The van der Waals surface area contributed by atoms with Crippen LogP contribution in [0.1, 0.15) is 20.3 Å². The number of carboxylic acids is 1. The molecule has 1 heterocycles. The van der Waals surface area contributed by atoms with Crippen LogP contribution in [0.5, 0.6) is 0 Å². The summed E-state index contributed by atoms with van der Waals surface area (Å²) in [6.45, 7) is 3.65. The minimum absolute atomic E-state index is 0.108. The van der Waals surface area contributed by atoms with Crippen molar-refractivity contribution in [3.63, 3.8) is 0 Å². The third kappa shape index (κ3) is 4.64. The Morgan fingerprint density at radius 2 is 2.16 bits per heavy atom. The molecule has 0 aromatic carbocycles. The molecule has 0 saturated carbocycles. The molecule has 0 fully saturated rings. The maximum absolute atomic E-state index is 11.9. The molecule has 7 nitrogen and oxygen atoms in total. The van der Waals surface area contributed by atoms with Gasteiger partial charge in [-0.25, -0.2) is 18.1 Å². The van der Waals surface area contributed by atoms with E-state index in [9.17, 15) is 13.2 Å². The molecule has 8 heteroatoms. The van der Waals surface area contributed by atoms with Gasteiger partial charge >= 0.3 is 5.97 Å². The van der Waals surface area contributed by atoms with Gasteiger partial charge in [-0.2, -0.15) is 0 Å². The van der Waals surface area contributed by atoms with Crippen molar-refractivity contribution in [2.45, 2.75) is 25.3 Å². The maximum Gasteiger partial charge on any atom is 0.307 e. The molecule has 0 radical (unpaired) electrons. The highest BCUT2D eigenvalue weighted by atomic mass is 32.2. The number of hydrogen-bond acceptors (Lipinski definition) is 4. The van der Waals surface area contributed by atoms with Gasteiger partial charge in [0.1, 0.15) is 0 Å². The average Bonchev–Trinajstić information content (AvgIpc) is 2.71. The first-order valence-corrected chi connectivity index (χ1v) is 7.41. The van der Waals surface area contributed by atoms with Gasteiger partial charge in [-0.1, -0.05) is 13.8 Å². The lowest BCUT2D eigenvalue weighted by atomic mass is 9.98. The second kappa shape index (κ2) is 6.16.